The molecule has 2 N–H and O–H groups in total. The van der Waals surface area contributed by atoms with Gasteiger partial charge in [-0.25, -0.2) is 8.78 Å². The molecule has 0 spiro atoms. The van der Waals surface area contributed by atoms with Gasteiger partial charge in [0.05, 0.1) is 11.4 Å². The summed E-state index contributed by atoms with van der Waals surface area (Å²) in [6.45, 7) is 10.4. The van der Waals surface area contributed by atoms with E-state index in [1.165, 1.54) is 12.1 Å². The predicted molar refractivity (Wildman–Crippen MR) is 192 cm³/mol. The fraction of sp³-hybridized carbons (Fsp3) is 0.351. The molecule has 0 bridgehead atoms. The molecule has 4 aromatic carbocycles. The Labute approximate surface area is 277 Å². The lowest BCUT2D eigenvalue weighted by Gasteiger charge is -2.23. The van der Waals surface area contributed by atoms with Gasteiger partial charge in [-0.15, -0.1) is 10.2 Å². The average molecular weight is 641 g/mol. The Bertz CT molecular complexity index is 1590. The number of hydrogen-bond donors (Lipinski definition) is 2. The van der Waals surface area contributed by atoms with Gasteiger partial charge in [0.1, 0.15) is 11.4 Å². The first-order valence-electron chi connectivity index (χ1n) is 16.5. The molecule has 0 saturated carbocycles. The zero-order chi connectivity index (χ0) is 33.4. The van der Waals surface area contributed by atoms with Gasteiger partial charge >= 0.3 is 0 Å². The van der Waals surface area contributed by atoms with E-state index in [1.807, 2.05) is 72.6 Å². The van der Waals surface area contributed by atoms with E-state index in [9.17, 15) is 8.78 Å². The van der Waals surface area contributed by atoms with Crippen LogP contribution in [0, 0.1) is 11.6 Å². The van der Waals surface area contributed by atoms with Gasteiger partial charge in [0, 0.05) is 62.5 Å². The Hall–Kier alpha value is -4.86. The van der Waals surface area contributed by atoms with E-state index in [0.29, 0.717) is 24.5 Å². The predicted octanol–water partition coefficient (Wildman–Crippen LogP) is 11.2. The minimum atomic E-state index is -0.392. The molecule has 0 atom stereocenters. The van der Waals surface area contributed by atoms with Crippen molar-refractivity contribution in [2.24, 2.45) is 20.5 Å². The standard InChI is InChI=1S/C37H46F2N8/c1-5-8-24-46(4)32-18-20-36(34(38)26-32)44-42-30-14-10-28(11-15-30)40-22-23-41-29-12-16-31(17-13-29)43-45-37-21-19-33(27-35(37)39)47(7-3)25-9-6-2/h10-21,26-27,40-41H,5-9,22-25H2,1-4H3/b44-42+,45-43+. The topological polar surface area (TPSA) is 80.0 Å². The summed E-state index contributed by atoms with van der Waals surface area (Å²) in [4.78, 5) is 4.21. The Kier molecular flexibility index (Phi) is 13.6. The highest BCUT2D eigenvalue weighted by Gasteiger charge is 2.09. The molecule has 4 aromatic rings. The second-order valence-electron chi connectivity index (χ2n) is 11.3. The number of anilines is 4. The molecule has 0 aliphatic heterocycles. The van der Waals surface area contributed by atoms with Crippen LogP contribution in [0.1, 0.15) is 46.5 Å². The second-order valence-corrected chi connectivity index (χ2v) is 11.3. The first kappa shape index (κ1) is 35.0. The summed E-state index contributed by atoms with van der Waals surface area (Å²) in [5, 5.41) is 23.4. The average Bonchev–Trinajstić information content (AvgIpc) is 3.09. The number of nitrogens with zero attached hydrogens (tertiary/aromatic N) is 6. The van der Waals surface area contributed by atoms with Crippen LogP contribution in [0.2, 0.25) is 0 Å². The van der Waals surface area contributed by atoms with Gasteiger partial charge in [-0.3, -0.25) is 0 Å². The van der Waals surface area contributed by atoms with Crippen molar-refractivity contribution < 1.29 is 8.78 Å². The summed E-state index contributed by atoms with van der Waals surface area (Å²) in [5.41, 5.74) is 5.28. The lowest BCUT2D eigenvalue weighted by Crippen LogP contribution is -2.23. The van der Waals surface area contributed by atoms with E-state index in [0.717, 1.165) is 68.1 Å². The molecule has 47 heavy (non-hydrogen) atoms. The van der Waals surface area contributed by atoms with Gasteiger partial charge < -0.3 is 20.4 Å². The van der Waals surface area contributed by atoms with Gasteiger partial charge in [-0.2, -0.15) is 10.2 Å². The maximum absolute atomic E-state index is 14.7. The van der Waals surface area contributed by atoms with Gasteiger partial charge in [0.25, 0.3) is 0 Å². The second kappa shape index (κ2) is 18.3. The molecule has 248 valence electrons. The molecular weight excluding hydrogens is 594 g/mol. The minimum Gasteiger partial charge on any atom is -0.383 e. The van der Waals surface area contributed by atoms with Crippen molar-refractivity contribution in [1.29, 1.82) is 0 Å². The molecule has 0 radical (unpaired) electrons. The molecular formula is C37H46F2N8. The maximum Gasteiger partial charge on any atom is 0.152 e. The van der Waals surface area contributed by atoms with Crippen molar-refractivity contribution in [1.82, 2.24) is 0 Å². The quantitative estimate of drug-likeness (QED) is 0.0838. The highest BCUT2D eigenvalue weighted by Crippen LogP contribution is 2.28. The highest BCUT2D eigenvalue weighted by atomic mass is 19.1. The van der Waals surface area contributed by atoms with Crippen LogP contribution in [0.15, 0.2) is 105 Å². The maximum atomic E-state index is 14.7. The van der Waals surface area contributed by atoms with Gasteiger partial charge in [-0.1, -0.05) is 26.7 Å². The van der Waals surface area contributed by atoms with Crippen LogP contribution in [-0.4, -0.2) is 39.8 Å². The number of hydrogen-bond acceptors (Lipinski definition) is 8. The van der Waals surface area contributed by atoms with E-state index in [1.54, 1.807) is 12.1 Å². The van der Waals surface area contributed by atoms with Crippen molar-refractivity contribution in [3.05, 3.63) is 96.6 Å². The summed E-state index contributed by atoms with van der Waals surface area (Å²) in [7, 11) is 1.96. The largest absolute Gasteiger partial charge is 0.383 e. The summed E-state index contributed by atoms with van der Waals surface area (Å²) >= 11 is 0. The summed E-state index contributed by atoms with van der Waals surface area (Å²) < 4.78 is 29.3. The van der Waals surface area contributed by atoms with E-state index < -0.39 is 5.82 Å². The minimum absolute atomic E-state index is 0.210. The molecule has 0 fully saturated rings. The molecule has 0 amide bonds. The van der Waals surface area contributed by atoms with Gasteiger partial charge in [0.2, 0.25) is 0 Å². The normalized spacial score (nSPS) is 11.4. The number of azo groups is 2. The summed E-state index contributed by atoms with van der Waals surface area (Å²) in [6.07, 6.45) is 4.32. The lowest BCUT2D eigenvalue weighted by atomic mass is 10.2. The van der Waals surface area contributed by atoms with Crippen molar-refractivity contribution in [3.8, 4) is 0 Å². The van der Waals surface area contributed by atoms with Crippen molar-refractivity contribution >= 4 is 45.5 Å². The van der Waals surface area contributed by atoms with E-state index >= 15 is 0 Å². The molecule has 0 aliphatic rings. The molecule has 0 aliphatic carbocycles. The Balaban J connectivity index is 1.20. The smallest absolute Gasteiger partial charge is 0.152 e. The van der Waals surface area contributed by atoms with Crippen LogP contribution in [0.25, 0.3) is 0 Å². The lowest BCUT2D eigenvalue weighted by molar-refractivity contribution is 0.626. The molecule has 0 heterocycles. The van der Waals surface area contributed by atoms with Crippen LogP contribution < -0.4 is 20.4 Å². The summed E-state index contributed by atoms with van der Waals surface area (Å²) in [5.74, 6) is -0.773. The highest BCUT2D eigenvalue weighted by molar-refractivity contribution is 5.56. The fourth-order valence-corrected chi connectivity index (χ4v) is 4.86. The summed E-state index contributed by atoms with van der Waals surface area (Å²) in [6, 6.07) is 25.2. The first-order valence-corrected chi connectivity index (χ1v) is 16.5. The molecule has 0 unspecified atom stereocenters. The van der Waals surface area contributed by atoms with Crippen molar-refractivity contribution in [2.75, 3.05) is 60.2 Å². The molecule has 0 saturated heterocycles. The van der Waals surface area contributed by atoms with Crippen molar-refractivity contribution in [3.63, 3.8) is 0 Å². The molecule has 4 rings (SSSR count). The third kappa shape index (κ3) is 10.9. The van der Waals surface area contributed by atoms with E-state index in [-0.39, 0.29) is 17.2 Å². The zero-order valence-corrected chi connectivity index (χ0v) is 27.9. The number of benzene rings is 4. The molecule has 8 nitrogen and oxygen atoms in total. The van der Waals surface area contributed by atoms with Crippen LogP contribution in [-0.2, 0) is 0 Å². The Morgan fingerprint density at radius 1 is 0.574 bits per heavy atom. The van der Waals surface area contributed by atoms with Crippen molar-refractivity contribution in [2.45, 2.75) is 46.5 Å². The Morgan fingerprint density at radius 2 is 1.04 bits per heavy atom. The third-order valence-corrected chi connectivity index (χ3v) is 7.74. The first-order chi connectivity index (χ1) is 22.9. The van der Waals surface area contributed by atoms with E-state index in [4.69, 9.17) is 0 Å². The zero-order valence-electron chi connectivity index (χ0n) is 27.9. The monoisotopic (exact) mass is 640 g/mol. The fourth-order valence-electron chi connectivity index (χ4n) is 4.86. The number of unbranched alkanes of at least 4 members (excludes halogenated alkanes) is 2. The number of halogens is 2. The van der Waals surface area contributed by atoms with Crippen LogP contribution in [0.4, 0.5) is 54.3 Å². The van der Waals surface area contributed by atoms with E-state index in [2.05, 4.69) is 56.8 Å². The van der Waals surface area contributed by atoms with Crippen LogP contribution in [0.5, 0.6) is 0 Å². The van der Waals surface area contributed by atoms with Gasteiger partial charge in [-0.05, 0) is 105 Å². The third-order valence-electron chi connectivity index (χ3n) is 7.74. The van der Waals surface area contributed by atoms with Crippen LogP contribution in [0.3, 0.4) is 0 Å². The number of nitrogens with one attached hydrogen (secondary N) is 2. The molecule has 10 heteroatoms. The van der Waals surface area contributed by atoms with Crippen LogP contribution >= 0.6 is 0 Å². The van der Waals surface area contributed by atoms with Gasteiger partial charge in [0.15, 0.2) is 11.6 Å². The number of rotatable bonds is 18. The SMILES string of the molecule is CCCCN(C)c1ccc(/N=N/c2ccc(NCCNc3ccc(/N=N/c4ccc(N(CC)CCCC)cc4F)cc3)cc2)c(F)c1. The Morgan fingerprint density at radius 3 is 1.51 bits per heavy atom. The molecule has 0 aromatic heterocycles.